The van der Waals surface area contributed by atoms with Crippen LogP contribution in [0.15, 0.2) is 50.8 Å². The summed E-state index contributed by atoms with van der Waals surface area (Å²) in [5.74, 6) is 0.482. The Labute approximate surface area is 147 Å². The molecule has 2 N–H and O–H groups in total. The number of benzene rings is 1. The van der Waals surface area contributed by atoms with Crippen LogP contribution in [0.25, 0.3) is 0 Å². The number of rotatable bonds is 7. The Morgan fingerprint density at radius 3 is 2.52 bits per heavy atom. The predicted octanol–water partition coefficient (Wildman–Crippen LogP) is 2.17. The van der Waals surface area contributed by atoms with Gasteiger partial charge in [0.15, 0.2) is 0 Å². The third-order valence-electron chi connectivity index (χ3n) is 3.34. The van der Waals surface area contributed by atoms with Gasteiger partial charge >= 0.3 is 0 Å². The fourth-order valence-electron chi connectivity index (χ4n) is 1.81. The Morgan fingerprint density at radius 2 is 1.88 bits per heavy atom. The second-order valence-corrected chi connectivity index (χ2v) is 7.60. The van der Waals surface area contributed by atoms with Gasteiger partial charge in [-0.25, -0.2) is 18.6 Å². The average molecular weight is 363 g/mol. The van der Waals surface area contributed by atoms with Gasteiger partial charge in [0.25, 0.3) is 0 Å². The second-order valence-electron chi connectivity index (χ2n) is 5.83. The molecule has 0 saturated heterocycles. The molecule has 0 spiro atoms. The van der Waals surface area contributed by atoms with Crippen LogP contribution in [0.1, 0.15) is 30.9 Å². The second kappa shape index (κ2) is 8.09. The van der Waals surface area contributed by atoms with Crippen LogP contribution < -0.4 is 10.1 Å². The summed E-state index contributed by atoms with van der Waals surface area (Å²) in [5.41, 5.74) is 3.37. The number of hydrogen-bond acceptors (Lipinski definition) is 5. The highest BCUT2D eigenvalue weighted by atomic mass is 32.2. The number of amides is 1. The molecule has 1 amide bonds. The van der Waals surface area contributed by atoms with Crippen LogP contribution in [-0.2, 0) is 21.4 Å². The van der Waals surface area contributed by atoms with E-state index in [-0.39, 0.29) is 23.3 Å². The van der Waals surface area contributed by atoms with Gasteiger partial charge < -0.3 is 4.42 Å². The van der Waals surface area contributed by atoms with E-state index < -0.39 is 10.0 Å². The summed E-state index contributed by atoms with van der Waals surface area (Å²) in [6.07, 6.45) is 1.36. The molecule has 1 aromatic heterocycles. The van der Waals surface area contributed by atoms with Gasteiger partial charge in [-0.1, -0.05) is 31.5 Å². The van der Waals surface area contributed by atoms with Gasteiger partial charge in [-0.2, -0.15) is 5.10 Å². The van der Waals surface area contributed by atoms with Crippen molar-refractivity contribution in [2.24, 2.45) is 11.0 Å². The first-order valence-electron chi connectivity index (χ1n) is 7.76. The van der Waals surface area contributed by atoms with Crippen molar-refractivity contribution in [2.45, 2.75) is 32.2 Å². The smallest absolute Gasteiger partial charge is 0.242 e. The molecule has 0 atom stereocenters. The number of hydrazone groups is 1. The zero-order chi connectivity index (χ0) is 18.4. The van der Waals surface area contributed by atoms with Crippen molar-refractivity contribution in [3.05, 3.63) is 53.5 Å². The third kappa shape index (κ3) is 5.54. The molecule has 1 heterocycles. The number of carbonyl (C=O) groups excluding carboxylic acids is 1. The van der Waals surface area contributed by atoms with Crippen molar-refractivity contribution in [3.63, 3.8) is 0 Å². The highest BCUT2D eigenvalue weighted by Crippen LogP contribution is 2.12. The number of nitrogens with one attached hydrogen (secondary N) is 2. The van der Waals surface area contributed by atoms with Crippen molar-refractivity contribution in [1.29, 1.82) is 0 Å². The van der Waals surface area contributed by atoms with Crippen molar-refractivity contribution >= 4 is 22.1 Å². The molecule has 2 rings (SSSR count). The first-order chi connectivity index (χ1) is 11.8. The highest BCUT2D eigenvalue weighted by Gasteiger charge is 2.14. The van der Waals surface area contributed by atoms with Crippen LogP contribution in [0.4, 0.5) is 0 Å². The van der Waals surface area contributed by atoms with Gasteiger partial charge in [-0.15, -0.1) is 0 Å². The van der Waals surface area contributed by atoms with Crippen LogP contribution >= 0.6 is 0 Å². The number of carbonyl (C=O) groups is 1. The van der Waals surface area contributed by atoms with E-state index in [1.807, 2.05) is 6.92 Å². The van der Waals surface area contributed by atoms with Crippen LogP contribution in [0, 0.1) is 12.8 Å². The molecule has 2 aromatic rings. The topological polar surface area (TPSA) is 101 Å². The minimum atomic E-state index is -3.60. The summed E-state index contributed by atoms with van der Waals surface area (Å²) in [5, 5.41) is 3.78. The van der Waals surface area contributed by atoms with E-state index in [4.69, 9.17) is 4.42 Å². The standard InChI is InChI=1S/C17H21N3O4S/c1-12(2)17(21)20-18-10-14-6-7-15(24-14)11-19-25(22,23)16-8-4-13(3)5-9-16/h4-10,12,19H,11H2,1-3H3,(H,20,21)/b18-10-. The molecule has 0 fully saturated rings. The highest BCUT2D eigenvalue weighted by molar-refractivity contribution is 7.89. The van der Waals surface area contributed by atoms with E-state index in [2.05, 4.69) is 15.2 Å². The van der Waals surface area contributed by atoms with Crippen molar-refractivity contribution in [2.75, 3.05) is 0 Å². The molecule has 25 heavy (non-hydrogen) atoms. The lowest BCUT2D eigenvalue weighted by atomic mass is 10.2. The maximum absolute atomic E-state index is 12.2. The molecule has 134 valence electrons. The van der Waals surface area contributed by atoms with E-state index in [1.165, 1.54) is 6.21 Å². The number of aryl methyl sites for hydroxylation is 1. The normalized spacial score (nSPS) is 12.0. The largest absolute Gasteiger partial charge is 0.459 e. The number of furan rings is 1. The first-order valence-corrected chi connectivity index (χ1v) is 9.24. The Balaban J connectivity index is 1.94. The molecule has 0 bridgehead atoms. The molecular weight excluding hydrogens is 342 g/mol. The Hall–Kier alpha value is -2.45. The lowest BCUT2D eigenvalue weighted by Gasteiger charge is -2.05. The number of hydrogen-bond donors (Lipinski definition) is 2. The first kappa shape index (κ1) is 18.9. The fraction of sp³-hybridized carbons (Fsp3) is 0.294. The van der Waals surface area contributed by atoms with Gasteiger partial charge in [0, 0.05) is 5.92 Å². The predicted molar refractivity (Wildman–Crippen MR) is 94.5 cm³/mol. The zero-order valence-corrected chi connectivity index (χ0v) is 15.1. The SMILES string of the molecule is Cc1ccc(S(=O)(=O)NCc2ccc(/C=N\NC(=O)C(C)C)o2)cc1. The summed E-state index contributed by atoms with van der Waals surface area (Å²) in [6, 6.07) is 9.86. The Morgan fingerprint density at radius 1 is 1.20 bits per heavy atom. The Kier molecular flexibility index (Phi) is 6.11. The quantitative estimate of drug-likeness (QED) is 0.581. The molecule has 0 aliphatic rings. The summed E-state index contributed by atoms with van der Waals surface area (Å²) in [7, 11) is -3.60. The van der Waals surface area contributed by atoms with Crippen molar-refractivity contribution in [1.82, 2.24) is 10.1 Å². The molecule has 8 heteroatoms. The van der Waals surface area contributed by atoms with E-state index in [0.717, 1.165) is 5.56 Å². The third-order valence-corrected chi connectivity index (χ3v) is 4.76. The van der Waals surface area contributed by atoms with Crippen molar-refractivity contribution in [3.8, 4) is 0 Å². The lowest BCUT2D eigenvalue weighted by Crippen LogP contribution is -2.23. The van der Waals surface area contributed by atoms with Crippen LogP contribution in [0.3, 0.4) is 0 Å². The van der Waals surface area contributed by atoms with Gasteiger partial charge in [-0.05, 0) is 31.2 Å². The maximum Gasteiger partial charge on any atom is 0.242 e. The van der Waals surface area contributed by atoms with E-state index in [0.29, 0.717) is 11.5 Å². The van der Waals surface area contributed by atoms with Crippen LogP contribution in [0.5, 0.6) is 0 Å². The molecule has 0 aliphatic heterocycles. The maximum atomic E-state index is 12.2. The molecule has 0 aliphatic carbocycles. The molecular formula is C17H21N3O4S. The minimum Gasteiger partial charge on any atom is -0.459 e. The van der Waals surface area contributed by atoms with Gasteiger partial charge in [0.2, 0.25) is 15.9 Å². The summed E-state index contributed by atoms with van der Waals surface area (Å²) >= 11 is 0. The fourth-order valence-corrected chi connectivity index (χ4v) is 2.81. The summed E-state index contributed by atoms with van der Waals surface area (Å²) in [6.45, 7) is 5.42. The Bertz CT molecular complexity index is 852. The molecule has 0 radical (unpaired) electrons. The zero-order valence-electron chi connectivity index (χ0n) is 14.3. The average Bonchev–Trinajstić information content (AvgIpc) is 3.01. The molecule has 0 saturated carbocycles. The molecule has 0 unspecified atom stereocenters. The number of nitrogens with zero attached hydrogens (tertiary/aromatic N) is 1. The van der Waals surface area contributed by atoms with Crippen LogP contribution in [0.2, 0.25) is 0 Å². The van der Waals surface area contributed by atoms with Gasteiger partial charge in [0.1, 0.15) is 11.5 Å². The summed E-state index contributed by atoms with van der Waals surface area (Å²) in [4.78, 5) is 11.6. The van der Waals surface area contributed by atoms with Crippen molar-refractivity contribution < 1.29 is 17.6 Å². The van der Waals surface area contributed by atoms with Gasteiger partial charge in [0.05, 0.1) is 17.7 Å². The summed E-state index contributed by atoms with van der Waals surface area (Å²) < 4.78 is 32.3. The monoisotopic (exact) mass is 363 g/mol. The molecule has 7 nitrogen and oxygen atoms in total. The minimum absolute atomic E-state index is 0.0163. The molecule has 1 aromatic carbocycles. The van der Waals surface area contributed by atoms with Gasteiger partial charge in [-0.3, -0.25) is 4.79 Å². The lowest BCUT2D eigenvalue weighted by molar-refractivity contribution is -0.123. The van der Waals surface area contributed by atoms with E-state index in [9.17, 15) is 13.2 Å². The van der Waals surface area contributed by atoms with E-state index >= 15 is 0 Å². The van der Waals surface area contributed by atoms with E-state index in [1.54, 1.807) is 50.2 Å². The van der Waals surface area contributed by atoms with Crippen LogP contribution in [-0.4, -0.2) is 20.5 Å². The number of sulfonamides is 1.